The van der Waals surface area contributed by atoms with Gasteiger partial charge in [0.1, 0.15) is 5.75 Å². The fraction of sp³-hybridized carbons (Fsp3) is 0.333. The Hall–Kier alpha value is -2.08. The van der Waals surface area contributed by atoms with Gasteiger partial charge in [0.15, 0.2) is 0 Å². The quantitative estimate of drug-likeness (QED) is 0.450. The maximum atomic E-state index is 11.9. The van der Waals surface area contributed by atoms with E-state index in [1.807, 2.05) is 6.07 Å². The Balaban J connectivity index is 2.18. The summed E-state index contributed by atoms with van der Waals surface area (Å²) < 4.78 is 5.11. The molecule has 1 aliphatic rings. The van der Waals surface area contributed by atoms with E-state index in [9.17, 15) is 9.59 Å². The maximum Gasteiger partial charge on any atom is 0.239 e. The molecule has 1 aliphatic heterocycles. The lowest BCUT2D eigenvalue weighted by Gasteiger charge is -2.17. The van der Waals surface area contributed by atoms with Gasteiger partial charge in [0, 0.05) is 24.7 Å². The van der Waals surface area contributed by atoms with Crippen LogP contribution in [0.4, 0.5) is 5.69 Å². The maximum absolute atomic E-state index is 11.9. The van der Waals surface area contributed by atoms with Crippen molar-refractivity contribution in [3.05, 3.63) is 24.3 Å². The van der Waals surface area contributed by atoms with Gasteiger partial charge in [-0.15, -0.1) is 0 Å². The fourth-order valence-corrected chi connectivity index (χ4v) is 2.03. The molecule has 6 heteroatoms. The minimum absolute atomic E-state index is 0.0862. The van der Waals surface area contributed by atoms with Crippen LogP contribution in [0.3, 0.4) is 0 Å². The van der Waals surface area contributed by atoms with Crippen molar-refractivity contribution in [2.45, 2.75) is 6.42 Å². The molecule has 1 atom stereocenters. The molecule has 0 unspecified atom stereocenters. The first-order chi connectivity index (χ1) is 8.65. The van der Waals surface area contributed by atoms with Gasteiger partial charge in [0.2, 0.25) is 11.8 Å². The normalized spacial score (nSPS) is 18.9. The lowest BCUT2D eigenvalue weighted by molar-refractivity contribution is -0.126. The van der Waals surface area contributed by atoms with Crippen molar-refractivity contribution in [1.82, 2.24) is 5.43 Å². The Labute approximate surface area is 105 Å². The summed E-state index contributed by atoms with van der Waals surface area (Å²) in [5.74, 6) is 4.96. The van der Waals surface area contributed by atoms with Crippen LogP contribution in [0, 0.1) is 5.92 Å². The van der Waals surface area contributed by atoms with E-state index in [1.54, 1.807) is 30.2 Å². The van der Waals surface area contributed by atoms with Crippen LogP contribution in [-0.4, -0.2) is 25.5 Å². The molecule has 2 amide bonds. The molecular formula is C12H15N3O3. The largest absolute Gasteiger partial charge is 0.497 e. The first-order valence-electron chi connectivity index (χ1n) is 5.60. The highest BCUT2D eigenvalue weighted by Gasteiger charge is 2.34. The average molecular weight is 249 g/mol. The molecule has 0 bridgehead atoms. The lowest BCUT2D eigenvalue weighted by atomic mass is 10.1. The van der Waals surface area contributed by atoms with Crippen molar-refractivity contribution in [3.63, 3.8) is 0 Å². The molecule has 6 nitrogen and oxygen atoms in total. The highest BCUT2D eigenvalue weighted by molar-refractivity contribution is 6.00. The molecule has 18 heavy (non-hydrogen) atoms. The lowest BCUT2D eigenvalue weighted by Crippen LogP contribution is -2.37. The van der Waals surface area contributed by atoms with Crippen LogP contribution in [0.1, 0.15) is 6.42 Å². The zero-order valence-corrected chi connectivity index (χ0v) is 10.1. The third-order valence-electron chi connectivity index (χ3n) is 3.00. The molecule has 1 heterocycles. The molecule has 3 N–H and O–H groups in total. The molecule has 0 saturated carbocycles. The standard InChI is InChI=1S/C12H15N3O3/c1-18-10-4-2-3-9(6-10)15-7-8(5-11(15)16)12(17)14-13/h2-4,6,8H,5,7,13H2,1H3,(H,14,17)/t8-/m0/s1. The van der Waals surface area contributed by atoms with Gasteiger partial charge in [-0.1, -0.05) is 6.07 Å². The van der Waals surface area contributed by atoms with E-state index in [0.717, 1.165) is 5.69 Å². The van der Waals surface area contributed by atoms with Crippen LogP contribution in [0.25, 0.3) is 0 Å². The number of nitrogens with two attached hydrogens (primary N) is 1. The number of nitrogens with one attached hydrogen (secondary N) is 1. The number of hydrogen-bond donors (Lipinski definition) is 2. The summed E-state index contributed by atoms with van der Waals surface area (Å²) in [6.07, 6.45) is 0.181. The summed E-state index contributed by atoms with van der Waals surface area (Å²) in [7, 11) is 1.57. The number of nitrogens with zero attached hydrogens (tertiary/aromatic N) is 1. The number of ether oxygens (including phenoxy) is 1. The predicted molar refractivity (Wildman–Crippen MR) is 65.8 cm³/mol. The molecular weight excluding hydrogens is 234 g/mol. The highest BCUT2D eigenvalue weighted by Crippen LogP contribution is 2.27. The Morgan fingerprint density at radius 3 is 3.00 bits per heavy atom. The van der Waals surface area contributed by atoms with Gasteiger partial charge < -0.3 is 9.64 Å². The van der Waals surface area contributed by atoms with Crippen LogP contribution in [0.15, 0.2) is 24.3 Å². The van der Waals surface area contributed by atoms with E-state index in [4.69, 9.17) is 10.6 Å². The molecule has 1 aromatic carbocycles. The van der Waals surface area contributed by atoms with Gasteiger partial charge >= 0.3 is 0 Å². The third kappa shape index (κ3) is 2.28. The van der Waals surface area contributed by atoms with E-state index in [0.29, 0.717) is 12.3 Å². The summed E-state index contributed by atoms with van der Waals surface area (Å²) in [5.41, 5.74) is 2.81. The fourth-order valence-electron chi connectivity index (χ4n) is 2.03. The summed E-state index contributed by atoms with van der Waals surface area (Å²) in [5, 5.41) is 0. The first kappa shape index (κ1) is 12.4. The Kier molecular flexibility index (Phi) is 3.47. The molecule has 0 aliphatic carbocycles. The highest BCUT2D eigenvalue weighted by atomic mass is 16.5. The summed E-state index contributed by atoms with van der Waals surface area (Å²) >= 11 is 0. The van der Waals surface area contributed by atoms with E-state index >= 15 is 0 Å². The molecule has 0 radical (unpaired) electrons. The number of anilines is 1. The summed E-state index contributed by atoms with van der Waals surface area (Å²) in [6.45, 7) is 0.342. The van der Waals surface area contributed by atoms with Crippen molar-refractivity contribution >= 4 is 17.5 Å². The van der Waals surface area contributed by atoms with Gasteiger partial charge in [-0.2, -0.15) is 0 Å². The van der Waals surface area contributed by atoms with Gasteiger partial charge in [0.05, 0.1) is 13.0 Å². The number of hydrazine groups is 1. The van der Waals surface area contributed by atoms with Gasteiger partial charge in [-0.25, -0.2) is 5.84 Å². The number of benzene rings is 1. The number of carbonyl (C=O) groups is 2. The number of rotatable bonds is 3. The second-order valence-corrected chi connectivity index (χ2v) is 4.12. The van der Waals surface area contributed by atoms with Crippen LogP contribution in [0.2, 0.25) is 0 Å². The monoisotopic (exact) mass is 249 g/mol. The van der Waals surface area contributed by atoms with Gasteiger partial charge in [0.25, 0.3) is 0 Å². The predicted octanol–water partition coefficient (Wildman–Crippen LogP) is 0.0380. The topological polar surface area (TPSA) is 84.7 Å². The second-order valence-electron chi connectivity index (χ2n) is 4.12. The second kappa shape index (κ2) is 5.05. The Bertz CT molecular complexity index is 475. The smallest absolute Gasteiger partial charge is 0.239 e. The molecule has 2 rings (SSSR count). The SMILES string of the molecule is COc1cccc(N2C[C@@H](C(=O)NN)CC2=O)c1. The number of hydrogen-bond acceptors (Lipinski definition) is 4. The molecule has 0 spiro atoms. The van der Waals surface area contributed by atoms with Gasteiger partial charge in [-0.05, 0) is 12.1 Å². The van der Waals surface area contributed by atoms with Crippen LogP contribution >= 0.6 is 0 Å². The molecule has 1 fully saturated rings. The van der Waals surface area contributed by atoms with Crippen molar-refractivity contribution < 1.29 is 14.3 Å². The van der Waals surface area contributed by atoms with E-state index in [2.05, 4.69) is 5.43 Å². The number of amides is 2. The summed E-state index contributed by atoms with van der Waals surface area (Å²) in [6, 6.07) is 7.18. The average Bonchev–Trinajstić information content (AvgIpc) is 2.80. The molecule has 0 aromatic heterocycles. The van der Waals surface area contributed by atoms with E-state index < -0.39 is 5.92 Å². The minimum Gasteiger partial charge on any atom is -0.497 e. The first-order valence-corrected chi connectivity index (χ1v) is 5.60. The Morgan fingerprint density at radius 1 is 1.56 bits per heavy atom. The van der Waals surface area contributed by atoms with Crippen LogP contribution in [-0.2, 0) is 9.59 Å². The van der Waals surface area contributed by atoms with Crippen molar-refractivity contribution in [1.29, 1.82) is 0 Å². The van der Waals surface area contributed by atoms with Crippen LogP contribution < -0.4 is 20.9 Å². The van der Waals surface area contributed by atoms with Gasteiger partial charge in [-0.3, -0.25) is 15.0 Å². The minimum atomic E-state index is -0.395. The molecule has 96 valence electrons. The van der Waals surface area contributed by atoms with E-state index in [-0.39, 0.29) is 18.2 Å². The molecule has 1 aromatic rings. The zero-order valence-electron chi connectivity index (χ0n) is 10.1. The summed E-state index contributed by atoms with van der Waals surface area (Å²) in [4.78, 5) is 24.9. The molecule has 1 saturated heterocycles. The third-order valence-corrected chi connectivity index (χ3v) is 3.00. The zero-order chi connectivity index (χ0) is 13.1. The Morgan fingerprint density at radius 2 is 2.33 bits per heavy atom. The van der Waals surface area contributed by atoms with Crippen molar-refractivity contribution in [2.75, 3.05) is 18.6 Å². The van der Waals surface area contributed by atoms with E-state index in [1.165, 1.54) is 0 Å². The number of carbonyl (C=O) groups excluding carboxylic acids is 2. The van der Waals surface area contributed by atoms with Crippen LogP contribution in [0.5, 0.6) is 5.75 Å². The number of methoxy groups -OCH3 is 1. The van der Waals surface area contributed by atoms with Crippen molar-refractivity contribution in [2.24, 2.45) is 11.8 Å². The van der Waals surface area contributed by atoms with Crippen molar-refractivity contribution in [3.8, 4) is 5.75 Å².